The molecular weight excluding hydrogens is 272 g/mol. The van der Waals surface area contributed by atoms with Crippen molar-refractivity contribution in [2.24, 2.45) is 0 Å². The molecule has 2 aromatic rings. The maximum atomic E-state index is 12.0. The summed E-state index contributed by atoms with van der Waals surface area (Å²) in [7, 11) is 0. The zero-order valence-electron chi connectivity index (χ0n) is 12.5. The van der Waals surface area contributed by atoms with Gasteiger partial charge in [-0.2, -0.15) is 0 Å². The molecule has 0 saturated carbocycles. The van der Waals surface area contributed by atoms with Gasteiger partial charge in [-0.15, -0.1) is 11.3 Å². The Hall–Kier alpha value is -1.62. The molecule has 2 rings (SSSR count). The van der Waals surface area contributed by atoms with Gasteiger partial charge in [-0.05, 0) is 25.5 Å². The number of anilines is 1. The molecule has 108 valence electrons. The van der Waals surface area contributed by atoms with Gasteiger partial charge in [0.1, 0.15) is 5.76 Å². The molecule has 0 saturated heterocycles. The Balaban J connectivity index is 2.01. The molecule has 0 radical (unpaired) electrons. The number of nitrogens with one attached hydrogen (secondary N) is 1. The summed E-state index contributed by atoms with van der Waals surface area (Å²) < 4.78 is 5.25. The van der Waals surface area contributed by atoms with Crippen LogP contribution in [0.1, 0.15) is 41.8 Å². The second kappa shape index (κ2) is 5.40. The van der Waals surface area contributed by atoms with Crippen molar-refractivity contribution in [3.05, 3.63) is 33.2 Å². The van der Waals surface area contributed by atoms with Crippen LogP contribution in [0.2, 0.25) is 0 Å². The van der Waals surface area contributed by atoms with Gasteiger partial charge in [0.25, 0.3) is 0 Å². The highest BCUT2D eigenvalue weighted by Crippen LogP contribution is 2.25. The van der Waals surface area contributed by atoms with Crippen molar-refractivity contribution >= 4 is 23.1 Å². The van der Waals surface area contributed by atoms with Crippen LogP contribution in [0.15, 0.2) is 16.7 Å². The third kappa shape index (κ3) is 3.48. The third-order valence-electron chi connectivity index (χ3n) is 3.01. The van der Waals surface area contributed by atoms with Crippen molar-refractivity contribution in [3.8, 4) is 0 Å². The molecular formula is C15H20N2O2S. The molecule has 0 unspecified atom stereocenters. The lowest BCUT2D eigenvalue weighted by Gasteiger charge is -2.12. The number of hydrogen-bond donors (Lipinski definition) is 1. The van der Waals surface area contributed by atoms with Crippen molar-refractivity contribution in [2.45, 2.75) is 46.5 Å². The summed E-state index contributed by atoms with van der Waals surface area (Å²) >= 11 is 1.71. The first-order chi connectivity index (χ1) is 9.25. The monoisotopic (exact) mass is 292 g/mol. The summed E-state index contributed by atoms with van der Waals surface area (Å²) in [6.45, 7) is 10.2. The summed E-state index contributed by atoms with van der Waals surface area (Å²) in [5, 5.41) is 6.67. The highest BCUT2D eigenvalue weighted by atomic mass is 32.1. The number of rotatable bonds is 3. The smallest absolute Gasteiger partial charge is 0.230 e. The van der Waals surface area contributed by atoms with E-state index in [-0.39, 0.29) is 11.3 Å². The highest BCUT2D eigenvalue weighted by molar-refractivity contribution is 7.12. The number of thiophene rings is 1. The van der Waals surface area contributed by atoms with Gasteiger partial charge in [0.15, 0.2) is 5.82 Å². The summed E-state index contributed by atoms with van der Waals surface area (Å²) in [4.78, 5) is 14.4. The van der Waals surface area contributed by atoms with Crippen LogP contribution in [-0.2, 0) is 16.6 Å². The number of aryl methyl sites for hydroxylation is 2. The first-order valence-corrected chi connectivity index (χ1v) is 7.40. The van der Waals surface area contributed by atoms with E-state index in [9.17, 15) is 4.79 Å². The summed E-state index contributed by atoms with van der Waals surface area (Å²) in [6.07, 6.45) is 0.369. The minimum Gasteiger partial charge on any atom is -0.359 e. The van der Waals surface area contributed by atoms with Crippen LogP contribution < -0.4 is 5.32 Å². The van der Waals surface area contributed by atoms with E-state index in [1.54, 1.807) is 17.4 Å². The molecule has 1 N–H and O–H groups in total. The number of carbonyl (C=O) groups excluding carboxylic acids is 1. The van der Waals surface area contributed by atoms with Crippen LogP contribution in [0.25, 0.3) is 0 Å². The molecule has 0 aliphatic heterocycles. The number of hydrogen-bond acceptors (Lipinski definition) is 4. The number of aromatic nitrogens is 1. The van der Waals surface area contributed by atoms with E-state index in [1.165, 1.54) is 9.75 Å². The zero-order chi connectivity index (χ0) is 14.9. The number of amides is 1. The van der Waals surface area contributed by atoms with E-state index < -0.39 is 0 Å². The standard InChI is InChI=1S/C15H20N2O2S/c1-9-6-11(10(2)20-9)7-14(18)16-13-8-12(19-17-13)15(3,4)5/h6,8H,7H2,1-5H3,(H,16,17,18). The first-order valence-electron chi connectivity index (χ1n) is 6.58. The fourth-order valence-corrected chi connectivity index (χ4v) is 2.85. The molecule has 2 heterocycles. The molecule has 5 heteroatoms. The average Bonchev–Trinajstić information content (AvgIpc) is 2.86. The Morgan fingerprint density at radius 3 is 2.55 bits per heavy atom. The van der Waals surface area contributed by atoms with E-state index >= 15 is 0 Å². The maximum Gasteiger partial charge on any atom is 0.230 e. The van der Waals surface area contributed by atoms with Gasteiger partial charge in [0.05, 0.1) is 6.42 Å². The van der Waals surface area contributed by atoms with Crippen LogP contribution in [0.3, 0.4) is 0 Å². The fourth-order valence-electron chi connectivity index (χ4n) is 1.91. The summed E-state index contributed by atoms with van der Waals surface area (Å²) in [5.74, 6) is 1.17. The predicted octanol–water partition coefficient (Wildman–Crippen LogP) is 3.83. The molecule has 0 spiro atoms. The summed E-state index contributed by atoms with van der Waals surface area (Å²) in [6, 6.07) is 3.84. The van der Waals surface area contributed by atoms with E-state index in [0.29, 0.717) is 12.2 Å². The second-order valence-corrected chi connectivity index (χ2v) is 7.45. The van der Waals surface area contributed by atoms with E-state index in [2.05, 4.69) is 16.5 Å². The van der Waals surface area contributed by atoms with E-state index in [4.69, 9.17) is 4.52 Å². The molecule has 0 aliphatic carbocycles. The first kappa shape index (κ1) is 14.8. The molecule has 0 aromatic carbocycles. The van der Waals surface area contributed by atoms with Crippen molar-refractivity contribution in [1.82, 2.24) is 5.16 Å². The molecule has 0 bridgehead atoms. The van der Waals surface area contributed by atoms with Gasteiger partial charge < -0.3 is 9.84 Å². The molecule has 4 nitrogen and oxygen atoms in total. The number of carbonyl (C=O) groups is 1. The topological polar surface area (TPSA) is 55.1 Å². The third-order valence-corrected chi connectivity index (χ3v) is 4.02. The molecule has 20 heavy (non-hydrogen) atoms. The van der Waals surface area contributed by atoms with Gasteiger partial charge in [-0.1, -0.05) is 25.9 Å². The normalized spacial score (nSPS) is 11.7. The van der Waals surface area contributed by atoms with Crippen LogP contribution >= 0.6 is 11.3 Å². The quantitative estimate of drug-likeness (QED) is 0.935. The predicted molar refractivity (Wildman–Crippen MR) is 81.3 cm³/mol. The van der Waals surface area contributed by atoms with Crippen molar-refractivity contribution in [1.29, 1.82) is 0 Å². The Morgan fingerprint density at radius 2 is 2.05 bits per heavy atom. The lowest BCUT2D eigenvalue weighted by atomic mass is 9.93. The van der Waals surface area contributed by atoms with Gasteiger partial charge in [-0.25, -0.2) is 0 Å². The highest BCUT2D eigenvalue weighted by Gasteiger charge is 2.20. The minimum absolute atomic E-state index is 0.0698. The van der Waals surface area contributed by atoms with Crippen molar-refractivity contribution in [3.63, 3.8) is 0 Å². The lowest BCUT2D eigenvalue weighted by molar-refractivity contribution is -0.115. The zero-order valence-corrected chi connectivity index (χ0v) is 13.4. The maximum absolute atomic E-state index is 12.0. The Labute approximate surface area is 123 Å². The molecule has 0 aliphatic rings. The van der Waals surface area contributed by atoms with Crippen molar-refractivity contribution in [2.75, 3.05) is 5.32 Å². The van der Waals surface area contributed by atoms with Crippen LogP contribution in [0, 0.1) is 13.8 Å². The van der Waals surface area contributed by atoms with Crippen LogP contribution in [-0.4, -0.2) is 11.1 Å². The minimum atomic E-state index is -0.114. The van der Waals surface area contributed by atoms with Crippen molar-refractivity contribution < 1.29 is 9.32 Å². The largest absolute Gasteiger partial charge is 0.359 e. The van der Waals surface area contributed by atoms with Gasteiger partial charge in [-0.3, -0.25) is 4.79 Å². The lowest BCUT2D eigenvalue weighted by Crippen LogP contribution is -2.14. The molecule has 0 atom stereocenters. The second-order valence-electron chi connectivity index (χ2n) is 5.99. The Bertz CT molecular complexity index is 620. The molecule has 2 aromatic heterocycles. The fraction of sp³-hybridized carbons (Fsp3) is 0.467. The molecule has 1 amide bonds. The van der Waals surface area contributed by atoms with E-state index in [0.717, 1.165) is 11.3 Å². The Morgan fingerprint density at radius 1 is 1.35 bits per heavy atom. The summed E-state index contributed by atoms with van der Waals surface area (Å²) in [5.41, 5.74) is 0.960. The van der Waals surface area contributed by atoms with Crippen LogP contribution in [0.5, 0.6) is 0 Å². The average molecular weight is 292 g/mol. The van der Waals surface area contributed by atoms with Crippen LogP contribution in [0.4, 0.5) is 5.82 Å². The van der Waals surface area contributed by atoms with Gasteiger partial charge in [0.2, 0.25) is 5.91 Å². The molecule has 0 fully saturated rings. The van der Waals surface area contributed by atoms with E-state index in [1.807, 2.05) is 34.6 Å². The van der Waals surface area contributed by atoms with Gasteiger partial charge in [0, 0.05) is 21.2 Å². The SMILES string of the molecule is Cc1cc(CC(=O)Nc2cc(C(C)(C)C)on2)c(C)s1. The van der Waals surface area contributed by atoms with Gasteiger partial charge >= 0.3 is 0 Å². The Kier molecular flexibility index (Phi) is 3.99. The number of nitrogens with zero attached hydrogens (tertiary/aromatic N) is 1.